The summed E-state index contributed by atoms with van der Waals surface area (Å²) in [6, 6.07) is 4.69. The van der Waals surface area contributed by atoms with Crippen molar-refractivity contribution in [2.75, 3.05) is 26.6 Å². The Morgan fingerprint density at radius 3 is 2.79 bits per heavy atom. The summed E-state index contributed by atoms with van der Waals surface area (Å²) in [6.45, 7) is 5.40. The molecule has 1 aromatic rings. The molecule has 1 saturated heterocycles. The summed E-state index contributed by atoms with van der Waals surface area (Å²) < 4.78 is 16.0. The largest absolute Gasteiger partial charge is 0.493 e. The van der Waals surface area contributed by atoms with E-state index < -0.39 is 12.0 Å². The van der Waals surface area contributed by atoms with E-state index in [1.165, 1.54) is 24.9 Å². The second-order valence-electron chi connectivity index (χ2n) is 6.16. The summed E-state index contributed by atoms with van der Waals surface area (Å²) in [5, 5.41) is 0.591. The Hall–Kier alpha value is -2.74. The highest BCUT2D eigenvalue weighted by Crippen LogP contribution is 2.42. The predicted molar refractivity (Wildman–Crippen MR) is 107 cm³/mol. The number of esters is 1. The first-order chi connectivity index (χ1) is 13.5. The Labute approximate surface area is 168 Å². The highest BCUT2D eigenvalue weighted by atomic mass is 32.2. The van der Waals surface area contributed by atoms with Gasteiger partial charge in [0.1, 0.15) is 6.61 Å². The molecule has 1 amide bonds. The van der Waals surface area contributed by atoms with Gasteiger partial charge in [0, 0.05) is 12.2 Å². The van der Waals surface area contributed by atoms with E-state index in [9.17, 15) is 9.59 Å². The molecule has 8 heteroatoms. The lowest BCUT2D eigenvalue weighted by Crippen LogP contribution is -2.45. The average molecular weight is 402 g/mol. The summed E-state index contributed by atoms with van der Waals surface area (Å²) in [6.07, 6.45) is 1.88. The Kier molecular flexibility index (Phi) is 6.08. The molecule has 1 atom stereocenters. The molecule has 148 valence electrons. The number of amidine groups is 1. The molecular weight excluding hydrogens is 380 g/mol. The molecule has 0 N–H and O–H groups in total. The van der Waals surface area contributed by atoms with E-state index in [1.807, 2.05) is 6.07 Å². The SMILES string of the molecule is C=CCOC(=O)C1=C(C)N=C2SCCC(=O)N2[C@@H]1c1ccc(OC)c(OC)c1. The van der Waals surface area contributed by atoms with Crippen LogP contribution in [0.3, 0.4) is 0 Å². The van der Waals surface area contributed by atoms with Crippen molar-refractivity contribution in [1.29, 1.82) is 0 Å². The first-order valence-corrected chi connectivity index (χ1v) is 9.74. The van der Waals surface area contributed by atoms with Crippen LogP contribution in [-0.4, -0.2) is 48.5 Å². The molecule has 0 radical (unpaired) electrons. The van der Waals surface area contributed by atoms with E-state index in [-0.39, 0.29) is 12.5 Å². The van der Waals surface area contributed by atoms with Crippen LogP contribution < -0.4 is 9.47 Å². The lowest BCUT2D eigenvalue weighted by Gasteiger charge is -2.39. The van der Waals surface area contributed by atoms with Gasteiger partial charge in [-0.2, -0.15) is 0 Å². The lowest BCUT2D eigenvalue weighted by atomic mass is 9.94. The highest BCUT2D eigenvalue weighted by molar-refractivity contribution is 8.14. The van der Waals surface area contributed by atoms with Crippen LogP contribution in [0, 0.1) is 0 Å². The number of rotatable bonds is 6. The number of carbonyl (C=O) groups excluding carboxylic acids is 2. The summed E-state index contributed by atoms with van der Waals surface area (Å²) in [7, 11) is 3.09. The van der Waals surface area contributed by atoms with Crippen molar-refractivity contribution in [3.8, 4) is 11.5 Å². The smallest absolute Gasteiger partial charge is 0.338 e. The number of hydrogen-bond acceptors (Lipinski definition) is 7. The minimum Gasteiger partial charge on any atom is -0.493 e. The number of fused-ring (bicyclic) bond motifs is 1. The van der Waals surface area contributed by atoms with Crippen LogP contribution in [-0.2, 0) is 14.3 Å². The predicted octanol–water partition coefficient (Wildman–Crippen LogP) is 3.08. The molecule has 2 aliphatic rings. The van der Waals surface area contributed by atoms with Crippen LogP contribution >= 0.6 is 11.8 Å². The topological polar surface area (TPSA) is 77.4 Å². The van der Waals surface area contributed by atoms with Crippen LogP contribution in [0.2, 0.25) is 0 Å². The third kappa shape index (κ3) is 3.64. The van der Waals surface area contributed by atoms with Gasteiger partial charge in [-0.05, 0) is 24.6 Å². The maximum absolute atomic E-state index is 12.8. The first kappa shape index (κ1) is 20.0. The fourth-order valence-electron chi connectivity index (χ4n) is 3.21. The Bertz CT molecular complexity index is 877. The number of nitrogens with zero attached hydrogens (tertiary/aromatic N) is 2. The zero-order valence-corrected chi connectivity index (χ0v) is 16.9. The zero-order valence-electron chi connectivity index (χ0n) is 16.1. The van der Waals surface area contributed by atoms with Crippen LogP contribution in [0.5, 0.6) is 11.5 Å². The second-order valence-corrected chi connectivity index (χ2v) is 7.22. The molecule has 2 heterocycles. The standard InChI is InChI=1S/C20H22N2O5S/c1-5-9-27-19(24)17-12(2)21-20-22(16(23)8-10-28-20)18(17)13-6-7-14(25-3)15(11-13)26-4/h5-7,11,18H,1,8-10H2,2-4H3/t18-/m1/s1. The molecule has 7 nitrogen and oxygen atoms in total. The maximum Gasteiger partial charge on any atom is 0.338 e. The van der Waals surface area contributed by atoms with Crippen molar-refractivity contribution < 1.29 is 23.8 Å². The van der Waals surface area contributed by atoms with Gasteiger partial charge in [-0.25, -0.2) is 9.79 Å². The van der Waals surface area contributed by atoms with Gasteiger partial charge in [-0.3, -0.25) is 9.69 Å². The molecular formula is C20H22N2O5S. The summed E-state index contributed by atoms with van der Waals surface area (Å²) >= 11 is 1.50. The van der Waals surface area contributed by atoms with E-state index in [2.05, 4.69) is 11.6 Å². The first-order valence-electron chi connectivity index (χ1n) is 8.76. The molecule has 0 unspecified atom stereocenters. The van der Waals surface area contributed by atoms with Crippen LogP contribution in [0.25, 0.3) is 0 Å². The van der Waals surface area contributed by atoms with Gasteiger partial charge in [0.2, 0.25) is 5.91 Å². The van der Waals surface area contributed by atoms with Crippen molar-refractivity contribution in [3.63, 3.8) is 0 Å². The Balaban J connectivity index is 2.14. The van der Waals surface area contributed by atoms with Gasteiger partial charge < -0.3 is 14.2 Å². The molecule has 1 aromatic carbocycles. The quantitative estimate of drug-likeness (QED) is 0.538. The number of hydrogen-bond donors (Lipinski definition) is 0. The molecule has 28 heavy (non-hydrogen) atoms. The van der Waals surface area contributed by atoms with E-state index in [0.717, 1.165) is 0 Å². The summed E-state index contributed by atoms with van der Waals surface area (Å²) in [5.41, 5.74) is 1.57. The van der Waals surface area contributed by atoms with Crippen molar-refractivity contribution in [1.82, 2.24) is 4.90 Å². The molecule has 1 fully saturated rings. The number of amides is 1. The van der Waals surface area contributed by atoms with E-state index in [0.29, 0.717) is 45.7 Å². The average Bonchev–Trinajstić information content (AvgIpc) is 2.70. The van der Waals surface area contributed by atoms with Gasteiger partial charge in [-0.1, -0.05) is 30.5 Å². The van der Waals surface area contributed by atoms with Crippen molar-refractivity contribution in [2.24, 2.45) is 4.99 Å². The monoisotopic (exact) mass is 402 g/mol. The molecule has 3 rings (SSSR count). The molecule has 0 spiro atoms. The third-order valence-corrected chi connectivity index (χ3v) is 5.44. The van der Waals surface area contributed by atoms with E-state index in [4.69, 9.17) is 14.2 Å². The van der Waals surface area contributed by atoms with Gasteiger partial charge in [0.05, 0.1) is 31.5 Å². The van der Waals surface area contributed by atoms with Gasteiger partial charge >= 0.3 is 5.97 Å². The molecule has 0 aromatic heterocycles. The van der Waals surface area contributed by atoms with Gasteiger partial charge in [0.25, 0.3) is 0 Å². The number of ether oxygens (including phenoxy) is 3. The fraction of sp³-hybridized carbons (Fsp3) is 0.350. The normalized spacial score (nSPS) is 19.0. The number of thioether (sulfide) groups is 1. The third-order valence-electron chi connectivity index (χ3n) is 4.48. The van der Waals surface area contributed by atoms with Crippen molar-refractivity contribution >= 4 is 28.8 Å². The molecule has 0 aliphatic carbocycles. The minimum absolute atomic E-state index is 0.0769. The van der Waals surface area contributed by atoms with Crippen LogP contribution in [0.1, 0.15) is 24.9 Å². The minimum atomic E-state index is -0.648. The van der Waals surface area contributed by atoms with Gasteiger partial charge in [-0.15, -0.1) is 0 Å². The van der Waals surface area contributed by atoms with E-state index in [1.54, 1.807) is 31.1 Å². The summed E-state index contributed by atoms with van der Waals surface area (Å²) in [4.78, 5) is 31.7. The maximum atomic E-state index is 12.8. The van der Waals surface area contributed by atoms with Crippen molar-refractivity contribution in [3.05, 3.63) is 47.7 Å². The number of allylic oxidation sites excluding steroid dienone is 1. The Morgan fingerprint density at radius 2 is 2.11 bits per heavy atom. The zero-order chi connectivity index (χ0) is 20.3. The highest BCUT2D eigenvalue weighted by Gasteiger charge is 2.41. The lowest BCUT2D eigenvalue weighted by molar-refractivity contribution is -0.139. The number of methoxy groups -OCH3 is 2. The summed E-state index contributed by atoms with van der Waals surface area (Å²) in [5.74, 6) is 1.13. The van der Waals surface area contributed by atoms with Gasteiger partial charge in [0.15, 0.2) is 16.7 Å². The van der Waals surface area contributed by atoms with Crippen molar-refractivity contribution in [2.45, 2.75) is 19.4 Å². The van der Waals surface area contributed by atoms with Crippen LogP contribution in [0.4, 0.5) is 0 Å². The van der Waals surface area contributed by atoms with E-state index >= 15 is 0 Å². The second kappa shape index (κ2) is 8.52. The molecule has 0 saturated carbocycles. The molecule has 0 bridgehead atoms. The Morgan fingerprint density at radius 1 is 1.36 bits per heavy atom. The molecule has 2 aliphatic heterocycles. The van der Waals surface area contributed by atoms with Crippen LogP contribution in [0.15, 0.2) is 47.1 Å². The fourth-order valence-corrected chi connectivity index (χ4v) is 4.21. The number of benzene rings is 1. The number of aliphatic imine (C=N–C) groups is 1. The number of carbonyl (C=O) groups is 2.